The number of hydrogen-bond donors (Lipinski definition) is 1. The number of H-pyrrole nitrogens is 1. The summed E-state index contributed by atoms with van der Waals surface area (Å²) in [7, 11) is 0. The van der Waals surface area contributed by atoms with Crippen molar-refractivity contribution in [2.75, 3.05) is 5.32 Å². The van der Waals surface area contributed by atoms with Crippen molar-refractivity contribution >= 4 is 11.7 Å². The maximum atomic E-state index is 11.7. The molecular weight excluding hydrogens is 200 g/mol. The summed E-state index contributed by atoms with van der Waals surface area (Å²) < 4.78 is 0. The van der Waals surface area contributed by atoms with E-state index in [-0.39, 0.29) is 5.91 Å². The Balaban J connectivity index is 1.95. The average molecular weight is 213 g/mol. The molecule has 0 saturated carbocycles. The van der Waals surface area contributed by atoms with Gasteiger partial charge in [-0.2, -0.15) is 0 Å². The van der Waals surface area contributed by atoms with E-state index in [0.717, 1.165) is 5.56 Å². The first-order valence-corrected chi connectivity index (χ1v) is 5.15. The minimum atomic E-state index is -0.0198. The molecule has 80 valence electrons. The molecule has 0 aliphatic carbocycles. The van der Waals surface area contributed by atoms with Crippen molar-refractivity contribution in [3.8, 4) is 0 Å². The molecular formula is C13H13N2O+. The first kappa shape index (κ1) is 10.4. The zero-order valence-electron chi connectivity index (χ0n) is 8.81. The molecule has 0 unspecified atom stereocenters. The number of rotatable bonds is 3. The zero-order chi connectivity index (χ0) is 11.2. The fourth-order valence-electron chi connectivity index (χ4n) is 1.45. The van der Waals surface area contributed by atoms with Crippen LogP contribution in [0.1, 0.15) is 5.56 Å². The molecule has 0 saturated heterocycles. The van der Waals surface area contributed by atoms with Gasteiger partial charge in [0.2, 0.25) is 0 Å². The lowest BCUT2D eigenvalue weighted by Gasteiger charge is -1.98. The van der Waals surface area contributed by atoms with Crippen LogP contribution >= 0.6 is 0 Å². The molecule has 0 bridgehead atoms. The minimum absolute atomic E-state index is 0.0198. The number of hydrogen-bond acceptors (Lipinski definition) is 1. The van der Waals surface area contributed by atoms with E-state index in [1.165, 1.54) is 0 Å². The monoisotopic (exact) mass is 213 g/mol. The van der Waals surface area contributed by atoms with Gasteiger partial charge in [-0.3, -0.25) is 0 Å². The molecule has 1 amide bonds. The number of aromatic nitrogens is 1. The van der Waals surface area contributed by atoms with E-state index in [0.29, 0.717) is 12.2 Å². The molecule has 2 rings (SSSR count). The molecule has 0 radical (unpaired) electrons. The third-order valence-electron chi connectivity index (χ3n) is 2.19. The molecule has 3 nitrogen and oxygen atoms in total. The summed E-state index contributed by atoms with van der Waals surface area (Å²) in [5.41, 5.74) is 1.01. The molecule has 16 heavy (non-hydrogen) atoms. The Morgan fingerprint density at radius 3 is 2.50 bits per heavy atom. The van der Waals surface area contributed by atoms with Crippen molar-refractivity contribution in [1.82, 2.24) is 0 Å². The van der Waals surface area contributed by atoms with E-state index in [4.69, 9.17) is 0 Å². The van der Waals surface area contributed by atoms with Crippen molar-refractivity contribution in [2.24, 2.45) is 0 Å². The molecule has 0 spiro atoms. The van der Waals surface area contributed by atoms with Crippen LogP contribution in [0.3, 0.4) is 0 Å². The summed E-state index contributed by atoms with van der Waals surface area (Å²) in [5.74, 6) is 0.692. The highest BCUT2D eigenvalue weighted by atomic mass is 16.1. The number of benzene rings is 1. The third-order valence-corrected chi connectivity index (χ3v) is 2.19. The summed E-state index contributed by atoms with van der Waals surface area (Å²) in [6.45, 7) is 0. The quantitative estimate of drug-likeness (QED) is 0.828. The molecule has 0 aliphatic heterocycles. The van der Waals surface area contributed by atoms with Gasteiger partial charge in [0.25, 0.3) is 5.82 Å². The number of carbonyl (C=O) groups is 1. The van der Waals surface area contributed by atoms with Gasteiger partial charge in [-0.1, -0.05) is 36.4 Å². The van der Waals surface area contributed by atoms with Crippen molar-refractivity contribution < 1.29 is 9.78 Å². The molecule has 3 heteroatoms. The largest absolute Gasteiger partial charge is 0.311 e. The molecule has 1 heterocycles. The van der Waals surface area contributed by atoms with E-state index in [1.54, 1.807) is 6.20 Å². The number of anilines is 1. The topological polar surface area (TPSA) is 43.2 Å². The zero-order valence-corrected chi connectivity index (χ0v) is 8.81. The molecule has 2 N–H and O–H groups in total. The first-order valence-electron chi connectivity index (χ1n) is 5.15. The Hall–Kier alpha value is -2.16. The Kier molecular flexibility index (Phi) is 3.28. The van der Waals surface area contributed by atoms with Gasteiger partial charge in [-0.15, -0.1) is 0 Å². The summed E-state index contributed by atoms with van der Waals surface area (Å²) in [4.78, 5) is 14.6. The van der Waals surface area contributed by atoms with Gasteiger partial charge < -0.3 is 0 Å². The summed E-state index contributed by atoms with van der Waals surface area (Å²) >= 11 is 0. The number of amides is 1. The second-order valence-corrected chi connectivity index (χ2v) is 3.49. The molecule has 0 atom stereocenters. The highest BCUT2D eigenvalue weighted by molar-refractivity contribution is 5.90. The van der Waals surface area contributed by atoms with Crippen molar-refractivity contribution in [2.45, 2.75) is 6.42 Å². The Morgan fingerprint density at radius 1 is 1.06 bits per heavy atom. The van der Waals surface area contributed by atoms with Crippen molar-refractivity contribution in [3.63, 3.8) is 0 Å². The van der Waals surface area contributed by atoms with Crippen LogP contribution in [0.25, 0.3) is 0 Å². The van der Waals surface area contributed by atoms with Crippen LogP contribution in [-0.4, -0.2) is 5.91 Å². The minimum Gasteiger partial charge on any atom is -0.247 e. The fourth-order valence-corrected chi connectivity index (χ4v) is 1.45. The van der Waals surface area contributed by atoms with Crippen molar-refractivity contribution in [3.05, 3.63) is 60.3 Å². The lowest BCUT2D eigenvalue weighted by atomic mass is 10.1. The molecule has 1 aromatic heterocycles. The lowest BCUT2D eigenvalue weighted by Crippen LogP contribution is -2.20. The van der Waals surface area contributed by atoms with Crippen molar-refractivity contribution in [1.29, 1.82) is 0 Å². The number of pyridine rings is 1. The van der Waals surface area contributed by atoms with Gasteiger partial charge in [0.1, 0.15) is 0 Å². The van der Waals surface area contributed by atoms with Crippen LogP contribution in [0, 0.1) is 0 Å². The summed E-state index contributed by atoms with van der Waals surface area (Å²) in [6.07, 6.45) is 2.17. The molecule has 0 aliphatic rings. The van der Waals surface area contributed by atoms with Gasteiger partial charge in [-0.05, 0) is 11.6 Å². The number of aromatic amines is 1. The van der Waals surface area contributed by atoms with Crippen LogP contribution in [0.15, 0.2) is 54.7 Å². The van der Waals surface area contributed by atoms with E-state index in [1.807, 2.05) is 48.5 Å². The highest BCUT2D eigenvalue weighted by Crippen LogP contribution is 2.02. The predicted molar refractivity (Wildman–Crippen MR) is 61.8 cm³/mol. The number of carbonyl (C=O) groups excluding carboxylic acids is 1. The Bertz CT molecular complexity index is 410. The average Bonchev–Trinajstić information content (AvgIpc) is 2.31. The van der Waals surface area contributed by atoms with E-state index in [9.17, 15) is 4.79 Å². The first-order chi connectivity index (χ1) is 7.84. The second kappa shape index (κ2) is 5.07. The second-order valence-electron chi connectivity index (χ2n) is 3.49. The maximum absolute atomic E-state index is 11.7. The maximum Gasteiger partial charge on any atom is 0.311 e. The predicted octanol–water partition coefficient (Wildman–Crippen LogP) is 1.68. The highest BCUT2D eigenvalue weighted by Gasteiger charge is 2.09. The number of nitrogens with one attached hydrogen (secondary N) is 2. The van der Waals surface area contributed by atoms with Crippen LogP contribution < -0.4 is 10.3 Å². The van der Waals surface area contributed by atoms with E-state index >= 15 is 0 Å². The van der Waals surface area contributed by atoms with Crippen LogP contribution in [0.5, 0.6) is 0 Å². The Labute approximate surface area is 94.1 Å². The lowest BCUT2D eigenvalue weighted by molar-refractivity contribution is -0.360. The summed E-state index contributed by atoms with van der Waals surface area (Å²) in [6, 6.07) is 15.2. The fraction of sp³-hybridized carbons (Fsp3) is 0.0769. The normalized spacial score (nSPS) is 9.75. The SMILES string of the molecule is O=C(Cc1ccccc1)Nc1cccc[nH+]1. The molecule has 0 fully saturated rings. The van der Waals surface area contributed by atoms with Gasteiger partial charge in [-0.25, -0.2) is 15.1 Å². The smallest absolute Gasteiger partial charge is 0.247 e. The third kappa shape index (κ3) is 2.92. The van der Waals surface area contributed by atoms with Crippen LogP contribution in [0.2, 0.25) is 0 Å². The van der Waals surface area contributed by atoms with Gasteiger partial charge in [0, 0.05) is 6.07 Å². The molecule has 1 aromatic carbocycles. The van der Waals surface area contributed by atoms with Gasteiger partial charge in [0.15, 0.2) is 0 Å². The van der Waals surface area contributed by atoms with Crippen LogP contribution in [0.4, 0.5) is 5.82 Å². The Morgan fingerprint density at radius 2 is 1.81 bits per heavy atom. The molecule has 2 aromatic rings. The standard InChI is InChI=1S/C13H12N2O/c16-13(10-11-6-2-1-3-7-11)15-12-8-4-5-9-14-12/h1-9H,10H2,(H,14,15,16)/p+1. The summed E-state index contributed by atoms with van der Waals surface area (Å²) in [5, 5.41) is 2.80. The van der Waals surface area contributed by atoms with Gasteiger partial charge >= 0.3 is 5.91 Å². The van der Waals surface area contributed by atoms with Crippen LogP contribution in [-0.2, 0) is 11.2 Å². The van der Waals surface area contributed by atoms with E-state index in [2.05, 4.69) is 10.3 Å². The van der Waals surface area contributed by atoms with Gasteiger partial charge in [0.05, 0.1) is 12.6 Å². The van der Waals surface area contributed by atoms with E-state index < -0.39 is 0 Å².